The predicted octanol–water partition coefficient (Wildman–Crippen LogP) is 3.83. The molecule has 1 saturated heterocycles. The quantitative estimate of drug-likeness (QED) is 0.804. The number of nitrogens with zero attached hydrogens (tertiary/aromatic N) is 2. The standard InChI is InChI=1S/C17H18N2OS/c20-11-15-16(13-6-7-13)18-17(21-15)19-9-8-14(10-19)12-4-2-1-3-5-12/h1-5,11,13-14H,6-10H2. The van der Waals surface area contributed by atoms with Crippen LogP contribution in [0.15, 0.2) is 30.3 Å². The molecule has 2 aliphatic rings. The van der Waals surface area contributed by atoms with Crippen LogP contribution in [0, 0.1) is 0 Å². The van der Waals surface area contributed by atoms with E-state index >= 15 is 0 Å². The fourth-order valence-corrected chi connectivity index (χ4v) is 4.13. The minimum Gasteiger partial charge on any atom is -0.347 e. The molecule has 2 aromatic rings. The Bertz CT molecular complexity index is 648. The van der Waals surface area contributed by atoms with Gasteiger partial charge >= 0.3 is 0 Å². The SMILES string of the molecule is O=Cc1sc(N2CCC(c3ccccc3)C2)nc1C1CC1. The highest BCUT2D eigenvalue weighted by Crippen LogP contribution is 2.44. The molecule has 1 aromatic carbocycles. The van der Waals surface area contributed by atoms with Crippen LogP contribution in [0.5, 0.6) is 0 Å². The topological polar surface area (TPSA) is 33.2 Å². The van der Waals surface area contributed by atoms with Gasteiger partial charge in [0.15, 0.2) is 11.4 Å². The van der Waals surface area contributed by atoms with Crippen LogP contribution in [0.3, 0.4) is 0 Å². The monoisotopic (exact) mass is 298 g/mol. The number of carbonyl (C=O) groups is 1. The summed E-state index contributed by atoms with van der Waals surface area (Å²) < 4.78 is 0. The van der Waals surface area contributed by atoms with E-state index in [9.17, 15) is 4.79 Å². The van der Waals surface area contributed by atoms with Gasteiger partial charge in [-0.2, -0.15) is 0 Å². The second-order valence-electron chi connectivity index (χ2n) is 5.98. The first-order chi connectivity index (χ1) is 10.3. The van der Waals surface area contributed by atoms with E-state index in [2.05, 4.69) is 35.2 Å². The van der Waals surface area contributed by atoms with Crippen LogP contribution in [-0.2, 0) is 0 Å². The number of thiazole rings is 1. The van der Waals surface area contributed by atoms with Gasteiger partial charge in [-0.25, -0.2) is 4.98 Å². The second kappa shape index (κ2) is 5.26. The Morgan fingerprint density at radius 2 is 1.95 bits per heavy atom. The molecular formula is C17H18N2OS. The lowest BCUT2D eigenvalue weighted by atomic mass is 9.99. The third-order valence-corrected chi connectivity index (χ3v) is 5.53. The van der Waals surface area contributed by atoms with Gasteiger partial charge in [0.2, 0.25) is 0 Å². The summed E-state index contributed by atoms with van der Waals surface area (Å²) in [6.07, 6.45) is 4.53. The maximum atomic E-state index is 11.2. The fourth-order valence-electron chi connectivity index (χ4n) is 3.13. The summed E-state index contributed by atoms with van der Waals surface area (Å²) in [5, 5.41) is 1.04. The maximum Gasteiger partial charge on any atom is 0.186 e. The number of aldehydes is 1. The highest BCUT2D eigenvalue weighted by molar-refractivity contribution is 7.17. The minimum atomic E-state index is 0.544. The van der Waals surface area contributed by atoms with Crippen molar-refractivity contribution in [1.82, 2.24) is 4.98 Å². The molecule has 4 rings (SSSR count). The van der Waals surface area contributed by atoms with E-state index in [0.717, 1.165) is 35.1 Å². The molecular weight excluding hydrogens is 280 g/mol. The van der Waals surface area contributed by atoms with Crippen molar-refractivity contribution >= 4 is 22.8 Å². The molecule has 0 bridgehead atoms. The van der Waals surface area contributed by atoms with Gasteiger partial charge in [-0.05, 0) is 24.8 Å². The van der Waals surface area contributed by atoms with Crippen molar-refractivity contribution in [2.75, 3.05) is 18.0 Å². The zero-order valence-electron chi connectivity index (χ0n) is 11.9. The molecule has 2 heterocycles. The molecule has 1 saturated carbocycles. The van der Waals surface area contributed by atoms with Crippen molar-refractivity contribution in [2.24, 2.45) is 0 Å². The molecule has 4 heteroatoms. The van der Waals surface area contributed by atoms with Gasteiger partial charge in [0, 0.05) is 24.9 Å². The van der Waals surface area contributed by atoms with Gasteiger partial charge < -0.3 is 4.90 Å². The van der Waals surface area contributed by atoms with Gasteiger partial charge in [-0.3, -0.25) is 4.79 Å². The lowest BCUT2D eigenvalue weighted by molar-refractivity contribution is 0.112. The maximum absolute atomic E-state index is 11.2. The van der Waals surface area contributed by atoms with Crippen LogP contribution >= 0.6 is 11.3 Å². The zero-order valence-corrected chi connectivity index (χ0v) is 12.7. The molecule has 0 amide bonds. The van der Waals surface area contributed by atoms with E-state index in [4.69, 9.17) is 4.98 Å². The molecule has 108 valence electrons. The molecule has 0 N–H and O–H groups in total. The van der Waals surface area contributed by atoms with E-state index in [-0.39, 0.29) is 0 Å². The number of hydrogen-bond acceptors (Lipinski definition) is 4. The molecule has 1 unspecified atom stereocenters. The van der Waals surface area contributed by atoms with Gasteiger partial charge in [0.05, 0.1) is 10.6 Å². The lowest BCUT2D eigenvalue weighted by Gasteiger charge is -2.15. The van der Waals surface area contributed by atoms with Crippen LogP contribution in [0.1, 0.15) is 52.0 Å². The summed E-state index contributed by atoms with van der Waals surface area (Å²) in [7, 11) is 0. The Kier molecular flexibility index (Phi) is 3.26. The number of rotatable bonds is 4. The molecule has 0 spiro atoms. The van der Waals surface area contributed by atoms with Crippen LogP contribution < -0.4 is 4.90 Å². The normalized spacial score (nSPS) is 21.7. The van der Waals surface area contributed by atoms with Crippen molar-refractivity contribution in [1.29, 1.82) is 0 Å². The number of carbonyl (C=O) groups excluding carboxylic acids is 1. The first kappa shape index (κ1) is 13.0. The van der Waals surface area contributed by atoms with Crippen LogP contribution in [0.2, 0.25) is 0 Å². The molecule has 1 aromatic heterocycles. The minimum absolute atomic E-state index is 0.544. The van der Waals surface area contributed by atoms with Gasteiger partial charge in [0.1, 0.15) is 0 Å². The van der Waals surface area contributed by atoms with Crippen molar-refractivity contribution in [3.8, 4) is 0 Å². The zero-order chi connectivity index (χ0) is 14.2. The average Bonchev–Trinajstić information content (AvgIpc) is 3.11. The highest BCUT2D eigenvalue weighted by Gasteiger charge is 2.32. The first-order valence-corrected chi connectivity index (χ1v) is 8.42. The van der Waals surface area contributed by atoms with E-state index in [1.54, 1.807) is 11.3 Å². The number of hydrogen-bond donors (Lipinski definition) is 0. The summed E-state index contributed by atoms with van der Waals surface area (Å²) in [4.78, 5) is 19.2. The Morgan fingerprint density at radius 3 is 2.67 bits per heavy atom. The Morgan fingerprint density at radius 1 is 1.14 bits per heavy atom. The Hall–Kier alpha value is -1.68. The summed E-state index contributed by atoms with van der Waals surface area (Å²) in [6.45, 7) is 2.05. The Labute approximate surface area is 128 Å². The summed E-state index contributed by atoms with van der Waals surface area (Å²) >= 11 is 1.57. The number of benzene rings is 1. The number of anilines is 1. The number of aromatic nitrogens is 1. The van der Waals surface area contributed by atoms with Crippen LogP contribution in [0.4, 0.5) is 5.13 Å². The third kappa shape index (κ3) is 2.48. The lowest BCUT2D eigenvalue weighted by Crippen LogP contribution is -2.18. The van der Waals surface area contributed by atoms with Crippen molar-refractivity contribution in [3.63, 3.8) is 0 Å². The van der Waals surface area contributed by atoms with Crippen molar-refractivity contribution < 1.29 is 4.79 Å². The molecule has 1 aliphatic heterocycles. The Balaban J connectivity index is 1.54. The summed E-state index contributed by atoms with van der Waals surface area (Å²) in [5.74, 6) is 1.13. The summed E-state index contributed by atoms with van der Waals surface area (Å²) in [6, 6.07) is 10.7. The smallest absolute Gasteiger partial charge is 0.186 e. The fraction of sp³-hybridized carbons (Fsp3) is 0.412. The molecule has 2 fully saturated rings. The van der Waals surface area contributed by atoms with E-state index in [1.807, 2.05) is 0 Å². The van der Waals surface area contributed by atoms with Gasteiger partial charge in [-0.1, -0.05) is 41.7 Å². The van der Waals surface area contributed by atoms with E-state index < -0.39 is 0 Å². The third-order valence-electron chi connectivity index (χ3n) is 4.47. The highest BCUT2D eigenvalue weighted by atomic mass is 32.1. The molecule has 1 atom stereocenters. The average molecular weight is 298 g/mol. The van der Waals surface area contributed by atoms with E-state index in [0.29, 0.717) is 11.8 Å². The van der Waals surface area contributed by atoms with Gasteiger partial charge in [-0.15, -0.1) is 0 Å². The van der Waals surface area contributed by atoms with Crippen molar-refractivity contribution in [3.05, 3.63) is 46.5 Å². The van der Waals surface area contributed by atoms with Crippen LogP contribution in [-0.4, -0.2) is 24.4 Å². The van der Waals surface area contributed by atoms with E-state index in [1.165, 1.54) is 24.8 Å². The largest absolute Gasteiger partial charge is 0.347 e. The summed E-state index contributed by atoms with van der Waals surface area (Å²) in [5.41, 5.74) is 2.46. The van der Waals surface area contributed by atoms with Gasteiger partial charge in [0.25, 0.3) is 0 Å². The molecule has 0 radical (unpaired) electrons. The second-order valence-corrected chi connectivity index (χ2v) is 6.99. The first-order valence-electron chi connectivity index (χ1n) is 7.61. The molecule has 21 heavy (non-hydrogen) atoms. The molecule has 1 aliphatic carbocycles. The predicted molar refractivity (Wildman–Crippen MR) is 85.5 cm³/mol. The van der Waals surface area contributed by atoms with Crippen LogP contribution in [0.25, 0.3) is 0 Å². The molecule has 3 nitrogen and oxygen atoms in total. The van der Waals surface area contributed by atoms with Crippen molar-refractivity contribution in [2.45, 2.75) is 31.1 Å².